The predicted octanol–water partition coefficient (Wildman–Crippen LogP) is 4.29. The number of rotatable bonds is 4. The summed E-state index contributed by atoms with van der Waals surface area (Å²) in [6, 6.07) is 18.0. The maximum absolute atomic E-state index is 12.1. The molecule has 1 unspecified atom stereocenters. The lowest BCUT2D eigenvalue weighted by atomic mass is 9.78. The van der Waals surface area contributed by atoms with Crippen LogP contribution in [-0.2, 0) is 18.3 Å². The Bertz CT molecular complexity index is 1160. The summed E-state index contributed by atoms with van der Waals surface area (Å²) in [4.78, 5) is 15.1. The van der Waals surface area contributed by atoms with Crippen molar-refractivity contribution in [2.24, 2.45) is 0 Å². The van der Waals surface area contributed by atoms with Gasteiger partial charge in [0.1, 0.15) is 0 Å². The maximum Gasteiger partial charge on any atom is 0.251 e. The number of fused-ring (bicyclic) bond motifs is 1. The summed E-state index contributed by atoms with van der Waals surface area (Å²) in [5.74, 6) is 0. The summed E-state index contributed by atoms with van der Waals surface area (Å²) in [6.45, 7) is 5.79. The molecule has 0 aliphatic rings. The second-order valence-corrected chi connectivity index (χ2v) is 7.22. The lowest BCUT2D eigenvalue weighted by Gasteiger charge is -2.23. The lowest BCUT2D eigenvalue weighted by molar-refractivity contribution is 0.607. The van der Waals surface area contributed by atoms with Gasteiger partial charge in [-0.15, -0.1) is 0 Å². The molecule has 4 heteroatoms. The van der Waals surface area contributed by atoms with Gasteiger partial charge in [0.15, 0.2) is 0 Å². The Labute approximate surface area is 158 Å². The van der Waals surface area contributed by atoms with Crippen LogP contribution in [0, 0.1) is 29.6 Å². The van der Waals surface area contributed by atoms with Crippen LogP contribution in [0.5, 0.6) is 0 Å². The molecule has 0 amide bonds. The molecule has 0 saturated carbocycles. The van der Waals surface area contributed by atoms with Crippen molar-refractivity contribution in [3.05, 3.63) is 80.6 Å². The first kappa shape index (κ1) is 18.4. The number of benzene rings is 2. The molecular formula is C23H21N3O. The van der Waals surface area contributed by atoms with Crippen molar-refractivity contribution in [2.75, 3.05) is 0 Å². The van der Waals surface area contributed by atoms with Crippen molar-refractivity contribution < 1.29 is 0 Å². The smallest absolute Gasteiger partial charge is 0.251 e. The number of nitrogens with zero attached hydrogens (tertiary/aromatic N) is 2. The van der Waals surface area contributed by atoms with Crippen LogP contribution in [0.4, 0.5) is 0 Å². The zero-order valence-corrected chi connectivity index (χ0v) is 15.8. The van der Waals surface area contributed by atoms with Crippen molar-refractivity contribution in [2.45, 2.75) is 39.0 Å². The van der Waals surface area contributed by atoms with E-state index in [4.69, 9.17) is 0 Å². The zero-order valence-electron chi connectivity index (χ0n) is 15.8. The molecule has 27 heavy (non-hydrogen) atoms. The van der Waals surface area contributed by atoms with Crippen molar-refractivity contribution >= 4 is 10.9 Å². The number of pyridine rings is 1. The molecule has 1 atom stereocenters. The summed E-state index contributed by atoms with van der Waals surface area (Å²) in [6.07, 6.45) is 1.17. The number of aromatic amines is 1. The van der Waals surface area contributed by atoms with E-state index in [1.54, 1.807) is 0 Å². The van der Waals surface area contributed by atoms with Crippen LogP contribution in [0.1, 0.15) is 41.7 Å². The van der Waals surface area contributed by atoms with Gasteiger partial charge in [-0.05, 0) is 73.0 Å². The first-order chi connectivity index (χ1) is 12.9. The van der Waals surface area contributed by atoms with E-state index in [1.807, 2.05) is 63.2 Å². The van der Waals surface area contributed by atoms with Gasteiger partial charge >= 0.3 is 0 Å². The Hall–Kier alpha value is -3.37. The van der Waals surface area contributed by atoms with Crippen LogP contribution in [0.25, 0.3) is 10.9 Å². The Balaban J connectivity index is 2.06. The molecule has 1 N–H and O–H groups in total. The van der Waals surface area contributed by atoms with E-state index in [0.717, 1.165) is 33.2 Å². The monoisotopic (exact) mass is 355 g/mol. The number of nitriles is 2. The number of hydrogen-bond donors (Lipinski definition) is 1. The Morgan fingerprint density at radius 1 is 1.11 bits per heavy atom. The quantitative estimate of drug-likeness (QED) is 0.758. The van der Waals surface area contributed by atoms with Gasteiger partial charge in [-0.25, -0.2) is 0 Å². The zero-order chi connectivity index (χ0) is 19.6. The van der Waals surface area contributed by atoms with E-state index in [2.05, 4.69) is 17.1 Å². The molecule has 0 fully saturated rings. The second-order valence-electron chi connectivity index (χ2n) is 7.22. The maximum atomic E-state index is 12.1. The second kappa shape index (κ2) is 7.09. The summed E-state index contributed by atoms with van der Waals surface area (Å²) >= 11 is 0. The highest BCUT2D eigenvalue weighted by molar-refractivity contribution is 5.80. The van der Waals surface area contributed by atoms with Gasteiger partial charge in [0.2, 0.25) is 0 Å². The number of aromatic nitrogens is 1. The molecule has 0 radical (unpaired) electrons. The van der Waals surface area contributed by atoms with Crippen molar-refractivity contribution in [1.29, 1.82) is 10.5 Å². The van der Waals surface area contributed by atoms with Gasteiger partial charge in [-0.2, -0.15) is 10.5 Å². The fourth-order valence-electron chi connectivity index (χ4n) is 3.50. The number of nitrogens with one attached hydrogen (secondary N) is 1. The van der Waals surface area contributed by atoms with E-state index in [9.17, 15) is 15.3 Å². The summed E-state index contributed by atoms with van der Waals surface area (Å²) < 4.78 is 0. The molecule has 2 aromatic carbocycles. The summed E-state index contributed by atoms with van der Waals surface area (Å²) in [7, 11) is 0. The van der Waals surface area contributed by atoms with E-state index >= 15 is 0 Å². The van der Waals surface area contributed by atoms with Crippen LogP contribution in [0.3, 0.4) is 0 Å². The van der Waals surface area contributed by atoms with Gasteiger partial charge in [0.05, 0.1) is 23.1 Å². The van der Waals surface area contributed by atoms with Crippen LogP contribution in [0.15, 0.2) is 47.3 Å². The minimum atomic E-state index is -0.769. The fourth-order valence-corrected chi connectivity index (χ4v) is 3.50. The van der Waals surface area contributed by atoms with Gasteiger partial charge in [0.25, 0.3) is 5.56 Å². The van der Waals surface area contributed by atoms with Crippen LogP contribution < -0.4 is 5.56 Å². The fraction of sp³-hybridized carbons (Fsp3) is 0.261. The molecular weight excluding hydrogens is 334 g/mol. The molecule has 3 aromatic rings. The standard InChI is InChI=1S/C23H21N3O/c1-4-18-10-19-5-6-20(11-21(19)26-22(18)27)23(3,14-25)12-16-7-15(2)8-17(9-16)13-24/h5-11H,4,12H2,1-3H3,(H,26,27). The minimum absolute atomic E-state index is 0.0850. The Morgan fingerprint density at radius 2 is 1.89 bits per heavy atom. The molecule has 3 rings (SSSR count). The Morgan fingerprint density at radius 3 is 2.56 bits per heavy atom. The highest BCUT2D eigenvalue weighted by atomic mass is 16.1. The Kier molecular flexibility index (Phi) is 4.84. The van der Waals surface area contributed by atoms with Crippen molar-refractivity contribution in [3.8, 4) is 12.1 Å². The predicted molar refractivity (Wildman–Crippen MR) is 107 cm³/mol. The van der Waals surface area contributed by atoms with Crippen LogP contribution in [-0.4, -0.2) is 4.98 Å². The largest absolute Gasteiger partial charge is 0.322 e. The summed E-state index contributed by atoms with van der Waals surface area (Å²) in [5, 5.41) is 20.1. The average molecular weight is 355 g/mol. The topological polar surface area (TPSA) is 80.4 Å². The van der Waals surface area contributed by atoms with E-state index in [1.165, 1.54) is 0 Å². The molecule has 0 spiro atoms. The van der Waals surface area contributed by atoms with Crippen molar-refractivity contribution in [1.82, 2.24) is 4.98 Å². The SMILES string of the molecule is CCc1cc2ccc(C(C)(C#N)Cc3cc(C)cc(C#N)c3)cc2[nH]c1=O. The first-order valence-corrected chi connectivity index (χ1v) is 8.97. The first-order valence-electron chi connectivity index (χ1n) is 8.97. The third-order valence-corrected chi connectivity index (χ3v) is 5.01. The number of H-pyrrole nitrogens is 1. The van der Waals surface area contributed by atoms with Gasteiger partial charge in [-0.3, -0.25) is 4.79 Å². The van der Waals surface area contributed by atoms with E-state index in [0.29, 0.717) is 18.4 Å². The third-order valence-electron chi connectivity index (χ3n) is 5.01. The van der Waals surface area contributed by atoms with Crippen LogP contribution >= 0.6 is 0 Å². The van der Waals surface area contributed by atoms with Gasteiger partial charge in [0, 0.05) is 11.1 Å². The molecule has 0 aliphatic carbocycles. The molecule has 0 aliphatic heterocycles. The highest BCUT2D eigenvalue weighted by Gasteiger charge is 2.27. The molecule has 1 aromatic heterocycles. The molecule has 134 valence electrons. The average Bonchev–Trinajstić information content (AvgIpc) is 2.66. The van der Waals surface area contributed by atoms with Crippen molar-refractivity contribution in [3.63, 3.8) is 0 Å². The van der Waals surface area contributed by atoms with E-state index in [-0.39, 0.29) is 5.56 Å². The number of hydrogen-bond acceptors (Lipinski definition) is 3. The molecule has 4 nitrogen and oxygen atoms in total. The molecule has 0 saturated heterocycles. The lowest BCUT2D eigenvalue weighted by Crippen LogP contribution is -2.23. The van der Waals surface area contributed by atoms with Gasteiger partial charge < -0.3 is 4.98 Å². The van der Waals surface area contributed by atoms with E-state index < -0.39 is 5.41 Å². The molecule has 0 bridgehead atoms. The normalized spacial score (nSPS) is 12.9. The molecule has 1 heterocycles. The summed E-state index contributed by atoms with van der Waals surface area (Å²) in [5.41, 5.74) is 4.02. The number of aryl methyl sites for hydroxylation is 2. The highest BCUT2D eigenvalue weighted by Crippen LogP contribution is 2.30. The minimum Gasteiger partial charge on any atom is -0.322 e. The van der Waals surface area contributed by atoms with Crippen LogP contribution in [0.2, 0.25) is 0 Å². The van der Waals surface area contributed by atoms with Gasteiger partial charge in [-0.1, -0.05) is 25.1 Å². The third kappa shape index (κ3) is 3.61.